The van der Waals surface area contributed by atoms with Crippen molar-refractivity contribution in [1.82, 2.24) is 4.72 Å². The minimum absolute atomic E-state index is 0.0707. The normalized spacial score (nSPS) is 27.1. The van der Waals surface area contributed by atoms with Gasteiger partial charge >= 0.3 is 11.7 Å². The van der Waals surface area contributed by atoms with Crippen molar-refractivity contribution in [2.24, 2.45) is 5.92 Å². The first kappa shape index (κ1) is 12.3. The van der Waals surface area contributed by atoms with Gasteiger partial charge in [0.2, 0.25) is 0 Å². The summed E-state index contributed by atoms with van der Waals surface area (Å²) in [5, 5.41) is 8.61. The lowest BCUT2D eigenvalue weighted by Crippen LogP contribution is -2.37. The van der Waals surface area contributed by atoms with Crippen molar-refractivity contribution in [3.63, 3.8) is 0 Å². The minimum Gasteiger partial charge on any atom is -0.481 e. The molecule has 2 unspecified atom stereocenters. The van der Waals surface area contributed by atoms with Gasteiger partial charge in [0, 0.05) is 6.04 Å². The molecule has 0 saturated heterocycles. The Morgan fingerprint density at radius 2 is 2.00 bits per heavy atom. The van der Waals surface area contributed by atoms with Gasteiger partial charge in [-0.05, 0) is 19.3 Å². The summed E-state index contributed by atoms with van der Waals surface area (Å²) in [6, 6.07) is -0.690. The zero-order chi connectivity index (χ0) is 11.6. The Morgan fingerprint density at radius 3 is 2.40 bits per heavy atom. The van der Waals surface area contributed by atoms with Crippen LogP contribution in [-0.2, 0) is 14.8 Å². The fourth-order valence-corrected chi connectivity index (χ4v) is 2.38. The van der Waals surface area contributed by atoms with E-state index >= 15 is 0 Å². The first-order chi connectivity index (χ1) is 6.83. The van der Waals surface area contributed by atoms with Gasteiger partial charge in [-0.15, -0.1) is 0 Å². The first-order valence-corrected chi connectivity index (χ1v) is 5.89. The van der Waals surface area contributed by atoms with Crippen molar-refractivity contribution in [1.29, 1.82) is 0 Å². The Labute approximate surface area is 85.5 Å². The monoisotopic (exact) mass is 243 g/mol. The van der Waals surface area contributed by atoms with E-state index in [1.54, 1.807) is 4.72 Å². The fraction of sp³-hybridized carbons (Fsp3) is 0.857. The summed E-state index contributed by atoms with van der Waals surface area (Å²) < 4.78 is 47.2. The summed E-state index contributed by atoms with van der Waals surface area (Å²) in [5.41, 5.74) is 0. The molecule has 0 bridgehead atoms. The third-order valence-corrected chi connectivity index (χ3v) is 3.48. The smallest absolute Gasteiger partial charge is 0.350 e. The molecule has 1 fully saturated rings. The van der Waals surface area contributed by atoms with Gasteiger partial charge < -0.3 is 5.11 Å². The molecule has 5 nitrogen and oxygen atoms in total. The Kier molecular flexibility index (Phi) is 3.61. The molecule has 0 spiro atoms. The van der Waals surface area contributed by atoms with E-state index in [1.165, 1.54) is 0 Å². The molecule has 2 N–H and O–H groups in total. The maximum atomic E-state index is 12.0. The quantitative estimate of drug-likeness (QED) is 0.747. The number of aliphatic carboxylic acids is 1. The molecule has 0 aromatic heterocycles. The van der Waals surface area contributed by atoms with Crippen LogP contribution in [0.3, 0.4) is 0 Å². The van der Waals surface area contributed by atoms with Crippen LogP contribution in [-0.4, -0.2) is 31.3 Å². The van der Waals surface area contributed by atoms with Crippen LogP contribution in [0.5, 0.6) is 0 Å². The van der Waals surface area contributed by atoms with Crippen LogP contribution in [0.2, 0.25) is 0 Å². The fourth-order valence-electron chi connectivity index (χ4n) is 1.60. The number of hydrogen-bond donors (Lipinski definition) is 2. The summed E-state index contributed by atoms with van der Waals surface area (Å²) >= 11 is 0. The molecule has 0 aliphatic heterocycles. The van der Waals surface area contributed by atoms with E-state index in [-0.39, 0.29) is 12.8 Å². The van der Waals surface area contributed by atoms with E-state index in [0.29, 0.717) is 6.42 Å². The minimum atomic E-state index is -4.61. The molecule has 88 valence electrons. The van der Waals surface area contributed by atoms with Gasteiger partial charge in [-0.3, -0.25) is 4.79 Å². The predicted octanol–water partition coefficient (Wildman–Crippen LogP) is 0.382. The van der Waals surface area contributed by atoms with Crippen LogP contribution in [0.4, 0.5) is 8.78 Å². The number of hydrogen-bond acceptors (Lipinski definition) is 3. The lowest BCUT2D eigenvalue weighted by molar-refractivity contribution is -0.141. The molecule has 1 aliphatic rings. The van der Waals surface area contributed by atoms with Crippen LogP contribution in [0.25, 0.3) is 0 Å². The lowest BCUT2D eigenvalue weighted by Gasteiger charge is -2.11. The maximum absolute atomic E-state index is 12.0. The summed E-state index contributed by atoms with van der Waals surface area (Å²) in [7, 11) is -4.61. The molecule has 1 rings (SSSR count). The van der Waals surface area contributed by atoms with Crippen LogP contribution < -0.4 is 4.72 Å². The SMILES string of the molecule is O=C(O)C1CCC(NS(=O)(=O)C(F)F)C1. The summed E-state index contributed by atoms with van der Waals surface area (Å²) in [6.45, 7) is 0. The number of sulfonamides is 1. The molecule has 8 heteroatoms. The molecule has 2 atom stereocenters. The highest BCUT2D eigenvalue weighted by molar-refractivity contribution is 7.89. The molecule has 0 heterocycles. The third kappa shape index (κ3) is 3.10. The highest BCUT2D eigenvalue weighted by atomic mass is 32.2. The highest BCUT2D eigenvalue weighted by Gasteiger charge is 2.34. The molecule has 15 heavy (non-hydrogen) atoms. The van der Waals surface area contributed by atoms with E-state index in [9.17, 15) is 22.0 Å². The van der Waals surface area contributed by atoms with Crippen LogP contribution >= 0.6 is 0 Å². The third-order valence-electron chi connectivity index (χ3n) is 2.35. The van der Waals surface area contributed by atoms with Gasteiger partial charge in [0.05, 0.1) is 5.92 Å². The van der Waals surface area contributed by atoms with Crippen molar-refractivity contribution in [2.75, 3.05) is 0 Å². The van der Waals surface area contributed by atoms with Crippen molar-refractivity contribution in [3.05, 3.63) is 0 Å². The van der Waals surface area contributed by atoms with E-state index in [0.717, 1.165) is 0 Å². The Morgan fingerprint density at radius 1 is 1.40 bits per heavy atom. The lowest BCUT2D eigenvalue weighted by atomic mass is 10.1. The number of alkyl halides is 2. The van der Waals surface area contributed by atoms with Crippen LogP contribution in [0, 0.1) is 5.92 Å². The van der Waals surface area contributed by atoms with E-state index in [1.807, 2.05) is 0 Å². The van der Waals surface area contributed by atoms with Crippen molar-refractivity contribution in [2.45, 2.75) is 31.1 Å². The van der Waals surface area contributed by atoms with E-state index in [2.05, 4.69) is 0 Å². The van der Waals surface area contributed by atoms with Gasteiger partial charge in [0.25, 0.3) is 10.0 Å². The predicted molar refractivity (Wildman–Crippen MR) is 46.8 cm³/mol. The maximum Gasteiger partial charge on any atom is 0.350 e. The van der Waals surface area contributed by atoms with E-state index in [4.69, 9.17) is 5.11 Å². The molecular formula is C7H11F2NO4S. The van der Waals surface area contributed by atoms with Crippen LogP contribution in [0.15, 0.2) is 0 Å². The van der Waals surface area contributed by atoms with Gasteiger partial charge in [-0.1, -0.05) is 0 Å². The Balaban J connectivity index is 2.53. The first-order valence-electron chi connectivity index (χ1n) is 4.35. The van der Waals surface area contributed by atoms with E-state index < -0.39 is 33.7 Å². The number of carboxylic acids is 1. The number of rotatable bonds is 4. The second-order valence-corrected chi connectivity index (χ2v) is 5.15. The Hall–Kier alpha value is -0.760. The van der Waals surface area contributed by atoms with Crippen molar-refractivity contribution < 1.29 is 27.1 Å². The second kappa shape index (κ2) is 4.40. The number of carboxylic acid groups (broad SMARTS) is 1. The van der Waals surface area contributed by atoms with Gasteiger partial charge in [-0.25, -0.2) is 13.1 Å². The highest BCUT2D eigenvalue weighted by Crippen LogP contribution is 2.26. The average Bonchev–Trinajstić information content (AvgIpc) is 2.51. The summed E-state index contributed by atoms with van der Waals surface area (Å²) in [6.07, 6.45) is 0.663. The number of halogens is 2. The largest absolute Gasteiger partial charge is 0.481 e. The number of carbonyl (C=O) groups is 1. The zero-order valence-electron chi connectivity index (χ0n) is 7.69. The topological polar surface area (TPSA) is 83.5 Å². The van der Waals surface area contributed by atoms with Crippen molar-refractivity contribution >= 4 is 16.0 Å². The zero-order valence-corrected chi connectivity index (χ0v) is 8.51. The van der Waals surface area contributed by atoms with Gasteiger partial charge in [0.1, 0.15) is 0 Å². The number of nitrogens with one attached hydrogen (secondary N) is 1. The van der Waals surface area contributed by atoms with Gasteiger partial charge in [0.15, 0.2) is 0 Å². The average molecular weight is 243 g/mol. The summed E-state index contributed by atoms with van der Waals surface area (Å²) in [5.74, 6) is -5.13. The van der Waals surface area contributed by atoms with Crippen LogP contribution in [0.1, 0.15) is 19.3 Å². The molecule has 0 amide bonds. The molecule has 1 saturated carbocycles. The van der Waals surface area contributed by atoms with Gasteiger partial charge in [-0.2, -0.15) is 8.78 Å². The van der Waals surface area contributed by atoms with Crippen molar-refractivity contribution in [3.8, 4) is 0 Å². The molecule has 0 aromatic carbocycles. The molecular weight excluding hydrogens is 232 g/mol. The second-order valence-electron chi connectivity index (χ2n) is 3.47. The molecule has 0 aromatic rings. The molecule has 0 radical (unpaired) electrons. The molecule has 1 aliphatic carbocycles. The Bertz CT molecular complexity index is 343. The summed E-state index contributed by atoms with van der Waals surface area (Å²) in [4.78, 5) is 10.5. The standard InChI is InChI=1S/C7H11F2NO4S/c8-7(9)15(13,14)10-5-2-1-4(3-5)6(11)12/h4-5,7,10H,1-3H2,(H,11,12).